The Labute approximate surface area is 115 Å². The fourth-order valence-electron chi connectivity index (χ4n) is 2.40. The van der Waals surface area contributed by atoms with Crippen LogP contribution in [-0.4, -0.2) is 33.2 Å². The van der Waals surface area contributed by atoms with Gasteiger partial charge >= 0.3 is 0 Å². The fraction of sp³-hybridized carbons (Fsp3) is 0.750. The number of Topliss-reactive ketones (excluding diaryl/α,β-unsaturated/α-hetero) is 1. The molecule has 18 heavy (non-hydrogen) atoms. The molecule has 6 heteroatoms. The van der Waals surface area contributed by atoms with Crippen molar-refractivity contribution in [2.75, 3.05) is 17.3 Å². The lowest BCUT2D eigenvalue weighted by Gasteiger charge is -2.17. The van der Waals surface area contributed by atoms with Crippen molar-refractivity contribution in [3.63, 3.8) is 0 Å². The van der Waals surface area contributed by atoms with E-state index in [1.165, 1.54) is 5.75 Å². The van der Waals surface area contributed by atoms with E-state index in [0.717, 1.165) is 36.6 Å². The second-order valence-corrected chi connectivity index (χ2v) is 7.15. The average molecular weight is 284 g/mol. The van der Waals surface area contributed by atoms with E-state index in [4.69, 9.17) is 4.52 Å². The molecule has 0 spiro atoms. The second kappa shape index (κ2) is 5.65. The minimum Gasteiger partial charge on any atom is -0.339 e. The Bertz CT molecular complexity index is 429. The van der Waals surface area contributed by atoms with Gasteiger partial charge in [0, 0.05) is 23.7 Å². The monoisotopic (exact) mass is 284 g/mol. The number of rotatable bonds is 2. The van der Waals surface area contributed by atoms with Crippen molar-refractivity contribution in [3.05, 3.63) is 11.7 Å². The predicted molar refractivity (Wildman–Crippen MR) is 73.0 cm³/mol. The molecule has 0 amide bonds. The molecule has 1 saturated heterocycles. The summed E-state index contributed by atoms with van der Waals surface area (Å²) in [6.07, 6.45) is 3.62. The van der Waals surface area contributed by atoms with Crippen molar-refractivity contribution in [2.45, 2.75) is 36.9 Å². The Morgan fingerprint density at radius 3 is 3.00 bits per heavy atom. The summed E-state index contributed by atoms with van der Waals surface area (Å²) in [5.74, 6) is 4.84. The zero-order valence-electron chi connectivity index (χ0n) is 10.1. The number of hydrogen-bond donors (Lipinski definition) is 0. The van der Waals surface area contributed by atoms with Gasteiger partial charge in [-0.3, -0.25) is 4.79 Å². The summed E-state index contributed by atoms with van der Waals surface area (Å²) < 4.78 is 5.32. The van der Waals surface area contributed by atoms with E-state index >= 15 is 0 Å². The molecule has 1 aliphatic carbocycles. The Morgan fingerprint density at radius 1 is 1.28 bits per heavy atom. The van der Waals surface area contributed by atoms with Crippen LogP contribution in [0.2, 0.25) is 0 Å². The predicted octanol–water partition coefficient (Wildman–Crippen LogP) is 2.82. The minimum absolute atomic E-state index is 0.138. The van der Waals surface area contributed by atoms with E-state index in [2.05, 4.69) is 10.1 Å². The first-order valence-electron chi connectivity index (χ1n) is 6.40. The number of thioether (sulfide) groups is 2. The molecule has 2 fully saturated rings. The van der Waals surface area contributed by atoms with Gasteiger partial charge in [-0.15, -0.1) is 11.8 Å². The van der Waals surface area contributed by atoms with Gasteiger partial charge < -0.3 is 4.52 Å². The molecule has 0 aromatic carbocycles. The zero-order valence-corrected chi connectivity index (χ0v) is 11.8. The summed E-state index contributed by atoms with van der Waals surface area (Å²) >= 11 is 3.82. The molecule has 1 aromatic rings. The Kier molecular flexibility index (Phi) is 3.94. The largest absolute Gasteiger partial charge is 0.339 e. The molecule has 2 unspecified atom stereocenters. The maximum absolute atomic E-state index is 11.8. The van der Waals surface area contributed by atoms with Crippen LogP contribution in [0.25, 0.3) is 0 Å². The number of ketones is 1. The Morgan fingerprint density at radius 2 is 2.22 bits per heavy atom. The van der Waals surface area contributed by atoms with Gasteiger partial charge in [0.2, 0.25) is 5.89 Å². The molecule has 2 aliphatic rings. The third-order valence-electron chi connectivity index (χ3n) is 3.41. The lowest BCUT2D eigenvalue weighted by Crippen LogP contribution is -2.17. The molecular formula is C12H16N2O2S2. The normalized spacial score (nSPS) is 29.4. The van der Waals surface area contributed by atoms with Crippen LogP contribution in [0.5, 0.6) is 0 Å². The molecular weight excluding hydrogens is 268 g/mol. The van der Waals surface area contributed by atoms with E-state index < -0.39 is 0 Å². The van der Waals surface area contributed by atoms with Crippen molar-refractivity contribution in [3.8, 4) is 0 Å². The lowest BCUT2D eigenvalue weighted by atomic mass is 9.88. The number of carbonyl (C=O) groups is 1. The lowest BCUT2D eigenvalue weighted by molar-refractivity contribution is -0.122. The summed E-state index contributed by atoms with van der Waals surface area (Å²) in [7, 11) is 0. The molecule has 3 rings (SSSR count). The molecule has 0 N–H and O–H groups in total. The second-order valence-electron chi connectivity index (χ2n) is 4.69. The number of hydrogen-bond acceptors (Lipinski definition) is 6. The molecule has 2 heterocycles. The van der Waals surface area contributed by atoms with Crippen LogP contribution in [0.4, 0.5) is 0 Å². The summed E-state index contributed by atoms with van der Waals surface area (Å²) in [6, 6.07) is 0. The maximum Gasteiger partial charge on any atom is 0.237 e. The van der Waals surface area contributed by atoms with Gasteiger partial charge in [0.05, 0.1) is 11.2 Å². The summed E-state index contributed by atoms with van der Waals surface area (Å²) in [6.45, 7) is 0. The first kappa shape index (κ1) is 12.5. The van der Waals surface area contributed by atoms with E-state index in [9.17, 15) is 4.79 Å². The highest BCUT2D eigenvalue weighted by atomic mass is 32.2. The molecule has 0 radical (unpaired) electrons. The standard InChI is InChI=1S/C12H16N2O2S2/c15-9-4-2-1-3-8(9)12-13-11(14-16-12)10-7-17-5-6-18-10/h8,10H,1-7H2. The van der Waals surface area contributed by atoms with Crippen LogP contribution in [0.15, 0.2) is 4.52 Å². The highest BCUT2D eigenvalue weighted by molar-refractivity contribution is 8.06. The van der Waals surface area contributed by atoms with Crippen LogP contribution in [-0.2, 0) is 4.79 Å². The van der Waals surface area contributed by atoms with Gasteiger partial charge in [-0.2, -0.15) is 16.7 Å². The van der Waals surface area contributed by atoms with Crippen LogP contribution >= 0.6 is 23.5 Å². The van der Waals surface area contributed by atoms with E-state index in [0.29, 0.717) is 17.6 Å². The zero-order chi connectivity index (χ0) is 12.4. The smallest absolute Gasteiger partial charge is 0.237 e. The Balaban J connectivity index is 1.73. The van der Waals surface area contributed by atoms with Crippen LogP contribution in [0, 0.1) is 0 Å². The van der Waals surface area contributed by atoms with E-state index in [1.807, 2.05) is 23.5 Å². The van der Waals surface area contributed by atoms with Crippen molar-refractivity contribution < 1.29 is 9.32 Å². The molecule has 98 valence electrons. The molecule has 1 aromatic heterocycles. The van der Waals surface area contributed by atoms with Crippen LogP contribution < -0.4 is 0 Å². The molecule has 1 saturated carbocycles. The summed E-state index contributed by atoms with van der Waals surface area (Å²) in [4.78, 5) is 16.3. The highest BCUT2D eigenvalue weighted by Gasteiger charge is 2.30. The first-order chi connectivity index (χ1) is 8.84. The SMILES string of the molecule is O=C1CCCCC1c1nc(C2CSCCS2)no1. The maximum atomic E-state index is 11.8. The molecule has 4 nitrogen and oxygen atoms in total. The number of nitrogens with zero attached hydrogens (tertiary/aromatic N) is 2. The summed E-state index contributed by atoms with van der Waals surface area (Å²) in [5, 5.41) is 4.41. The quantitative estimate of drug-likeness (QED) is 0.832. The number of carbonyl (C=O) groups excluding carboxylic acids is 1. The van der Waals surface area contributed by atoms with Gasteiger partial charge in [-0.1, -0.05) is 11.6 Å². The van der Waals surface area contributed by atoms with Gasteiger partial charge in [0.1, 0.15) is 5.78 Å². The van der Waals surface area contributed by atoms with Gasteiger partial charge in [0.15, 0.2) is 5.82 Å². The van der Waals surface area contributed by atoms with Gasteiger partial charge in [-0.05, 0) is 12.8 Å². The number of aromatic nitrogens is 2. The molecule has 0 bridgehead atoms. The Hall–Kier alpha value is -0.490. The van der Waals surface area contributed by atoms with Crippen LogP contribution in [0.3, 0.4) is 0 Å². The molecule has 1 aliphatic heterocycles. The van der Waals surface area contributed by atoms with Crippen molar-refractivity contribution in [1.82, 2.24) is 10.1 Å². The first-order valence-corrected chi connectivity index (χ1v) is 8.60. The molecule has 2 atom stereocenters. The van der Waals surface area contributed by atoms with Crippen molar-refractivity contribution >= 4 is 29.3 Å². The highest BCUT2D eigenvalue weighted by Crippen LogP contribution is 2.36. The third kappa shape index (κ3) is 2.59. The minimum atomic E-state index is -0.138. The van der Waals surface area contributed by atoms with E-state index in [-0.39, 0.29) is 11.7 Å². The topological polar surface area (TPSA) is 56.0 Å². The van der Waals surface area contributed by atoms with Gasteiger partial charge in [0.25, 0.3) is 0 Å². The van der Waals surface area contributed by atoms with Gasteiger partial charge in [-0.25, -0.2) is 0 Å². The van der Waals surface area contributed by atoms with Crippen molar-refractivity contribution in [2.24, 2.45) is 0 Å². The summed E-state index contributed by atoms with van der Waals surface area (Å²) in [5.41, 5.74) is 0. The van der Waals surface area contributed by atoms with Crippen LogP contribution in [0.1, 0.15) is 48.6 Å². The third-order valence-corrected chi connectivity index (χ3v) is 6.17. The average Bonchev–Trinajstić information content (AvgIpc) is 2.90. The fourth-order valence-corrected chi connectivity index (χ4v) is 4.99. The van der Waals surface area contributed by atoms with Crippen molar-refractivity contribution in [1.29, 1.82) is 0 Å². The van der Waals surface area contributed by atoms with E-state index in [1.54, 1.807) is 0 Å².